The van der Waals surface area contributed by atoms with Gasteiger partial charge in [-0.15, -0.1) is 0 Å². The van der Waals surface area contributed by atoms with Crippen molar-refractivity contribution in [3.05, 3.63) is 35.4 Å². The van der Waals surface area contributed by atoms with Crippen LogP contribution in [0.25, 0.3) is 0 Å². The van der Waals surface area contributed by atoms with Gasteiger partial charge in [0, 0.05) is 31.7 Å². The zero-order valence-electron chi connectivity index (χ0n) is 14.2. The molecule has 0 spiro atoms. The molecule has 3 N–H and O–H groups in total. The zero-order chi connectivity index (χ0) is 17.6. The van der Waals surface area contributed by atoms with Crippen molar-refractivity contribution in [3.63, 3.8) is 0 Å². The monoisotopic (exact) mass is 344 g/mol. The van der Waals surface area contributed by atoms with Crippen LogP contribution in [-0.2, 0) is 16.1 Å². The van der Waals surface area contributed by atoms with Gasteiger partial charge in [0.2, 0.25) is 11.8 Å². The highest BCUT2D eigenvalue weighted by atomic mass is 16.2. The molecule has 0 saturated carbocycles. The molecule has 3 amide bonds. The molecule has 25 heavy (non-hydrogen) atoms. The molecule has 1 aromatic rings. The first kappa shape index (κ1) is 17.4. The normalized spacial score (nSPS) is 20.7. The fraction of sp³-hybridized carbons (Fsp3) is 0.500. The van der Waals surface area contributed by atoms with Crippen molar-refractivity contribution < 1.29 is 14.4 Å². The highest BCUT2D eigenvalue weighted by Crippen LogP contribution is 2.14. The molecule has 2 aliphatic rings. The maximum Gasteiger partial charge on any atom is 0.253 e. The number of rotatable bonds is 4. The van der Waals surface area contributed by atoms with E-state index >= 15 is 0 Å². The Bertz CT molecular complexity index is 638. The van der Waals surface area contributed by atoms with Crippen LogP contribution in [0.15, 0.2) is 24.3 Å². The Morgan fingerprint density at radius 3 is 2.52 bits per heavy atom. The summed E-state index contributed by atoms with van der Waals surface area (Å²) in [4.78, 5) is 37.7. The van der Waals surface area contributed by atoms with E-state index in [1.54, 1.807) is 0 Å². The van der Waals surface area contributed by atoms with E-state index in [1.807, 2.05) is 29.2 Å². The minimum Gasteiger partial charge on any atom is -0.350 e. The van der Waals surface area contributed by atoms with E-state index < -0.39 is 6.04 Å². The van der Waals surface area contributed by atoms with Gasteiger partial charge in [-0.05, 0) is 37.0 Å². The minimum atomic E-state index is -0.541. The summed E-state index contributed by atoms with van der Waals surface area (Å²) >= 11 is 0. The molecule has 0 radical (unpaired) electrons. The summed E-state index contributed by atoms with van der Waals surface area (Å²) in [5, 5.41) is 8.36. The maximum atomic E-state index is 12.4. The van der Waals surface area contributed by atoms with Gasteiger partial charge in [0.1, 0.15) is 6.04 Å². The van der Waals surface area contributed by atoms with Crippen molar-refractivity contribution in [2.45, 2.75) is 31.8 Å². The third-order valence-corrected chi connectivity index (χ3v) is 4.60. The van der Waals surface area contributed by atoms with Gasteiger partial charge < -0.3 is 20.9 Å². The first-order valence-corrected chi connectivity index (χ1v) is 8.79. The molecule has 0 bridgehead atoms. The number of hydrogen-bond acceptors (Lipinski definition) is 4. The first-order valence-electron chi connectivity index (χ1n) is 8.79. The van der Waals surface area contributed by atoms with Crippen LogP contribution in [-0.4, -0.2) is 54.8 Å². The molecule has 0 aromatic heterocycles. The smallest absolute Gasteiger partial charge is 0.253 e. The Hall–Kier alpha value is -2.41. The van der Waals surface area contributed by atoms with Crippen molar-refractivity contribution in [1.82, 2.24) is 20.9 Å². The van der Waals surface area contributed by atoms with Crippen LogP contribution in [0.1, 0.15) is 35.2 Å². The molecule has 7 nitrogen and oxygen atoms in total. The Labute approximate surface area is 147 Å². The summed E-state index contributed by atoms with van der Waals surface area (Å²) in [5.74, 6) is -0.313. The highest BCUT2D eigenvalue weighted by Gasteiger charge is 2.24. The number of hydrogen-bond donors (Lipinski definition) is 3. The number of benzene rings is 1. The molecule has 1 atom stereocenters. The Kier molecular flexibility index (Phi) is 5.65. The van der Waals surface area contributed by atoms with Crippen LogP contribution in [0.3, 0.4) is 0 Å². The first-order chi connectivity index (χ1) is 12.1. The van der Waals surface area contributed by atoms with Crippen molar-refractivity contribution in [3.8, 4) is 0 Å². The second-order valence-corrected chi connectivity index (χ2v) is 6.52. The van der Waals surface area contributed by atoms with Gasteiger partial charge in [-0.1, -0.05) is 12.1 Å². The largest absolute Gasteiger partial charge is 0.350 e. The van der Waals surface area contributed by atoms with Gasteiger partial charge in [-0.3, -0.25) is 14.4 Å². The summed E-state index contributed by atoms with van der Waals surface area (Å²) in [6.07, 6.45) is 3.34. The molecule has 2 saturated heterocycles. The number of nitrogens with one attached hydrogen (secondary N) is 3. The maximum absolute atomic E-state index is 12.4. The second-order valence-electron chi connectivity index (χ2n) is 6.52. The van der Waals surface area contributed by atoms with Crippen molar-refractivity contribution >= 4 is 17.7 Å². The van der Waals surface area contributed by atoms with E-state index in [0.29, 0.717) is 18.7 Å². The third kappa shape index (κ3) is 4.57. The van der Waals surface area contributed by atoms with E-state index in [0.717, 1.165) is 31.5 Å². The summed E-state index contributed by atoms with van der Waals surface area (Å²) in [6, 6.07) is 6.79. The van der Waals surface area contributed by atoms with Crippen LogP contribution in [0.2, 0.25) is 0 Å². The molecule has 0 aliphatic carbocycles. The molecular formula is C18H24N4O3. The number of carbonyl (C=O) groups is 3. The number of carbonyl (C=O) groups excluding carboxylic acids is 3. The fourth-order valence-electron chi connectivity index (χ4n) is 3.14. The number of piperidine rings is 1. The molecule has 2 fully saturated rings. The molecule has 2 heterocycles. The molecule has 1 aromatic carbocycles. The van der Waals surface area contributed by atoms with Gasteiger partial charge in [0.25, 0.3) is 5.91 Å². The Morgan fingerprint density at radius 2 is 1.84 bits per heavy atom. The number of piperazine rings is 1. The lowest BCUT2D eigenvalue weighted by molar-refractivity contribution is -0.130. The van der Waals surface area contributed by atoms with Gasteiger partial charge in [0.15, 0.2) is 0 Å². The van der Waals surface area contributed by atoms with E-state index in [1.165, 1.54) is 6.42 Å². The van der Waals surface area contributed by atoms with E-state index in [9.17, 15) is 14.4 Å². The molecular weight excluding hydrogens is 320 g/mol. The standard InChI is InChI=1S/C18H24N4O3/c23-16-12-19-11-15(21-16)17(24)20-10-13-4-6-14(7-5-13)18(25)22-8-2-1-3-9-22/h4-7,15,19H,1-3,8-12H2,(H,20,24)(H,21,23)/t15-/m0/s1. The predicted octanol–water partition coefficient (Wildman–Crippen LogP) is 0.0169. The molecule has 2 aliphatic heterocycles. The predicted molar refractivity (Wildman–Crippen MR) is 92.8 cm³/mol. The Morgan fingerprint density at radius 1 is 1.12 bits per heavy atom. The fourth-order valence-corrected chi connectivity index (χ4v) is 3.14. The lowest BCUT2D eigenvalue weighted by Crippen LogP contribution is -2.58. The lowest BCUT2D eigenvalue weighted by atomic mass is 10.1. The van der Waals surface area contributed by atoms with Crippen molar-refractivity contribution in [2.75, 3.05) is 26.2 Å². The summed E-state index contributed by atoms with van der Waals surface area (Å²) in [5.41, 5.74) is 1.60. The average Bonchev–Trinajstić information content (AvgIpc) is 2.66. The minimum absolute atomic E-state index is 0.0753. The lowest BCUT2D eigenvalue weighted by Gasteiger charge is -2.26. The van der Waals surface area contributed by atoms with Gasteiger partial charge in [0.05, 0.1) is 6.54 Å². The summed E-state index contributed by atoms with van der Waals surface area (Å²) in [7, 11) is 0. The van der Waals surface area contributed by atoms with Gasteiger partial charge >= 0.3 is 0 Å². The summed E-state index contributed by atoms with van der Waals surface area (Å²) < 4.78 is 0. The SMILES string of the molecule is O=C1CNC[C@@H](C(=O)NCc2ccc(C(=O)N3CCCCC3)cc2)N1. The zero-order valence-corrected chi connectivity index (χ0v) is 14.2. The van der Waals surface area contributed by atoms with Crippen LogP contribution >= 0.6 is 0 Å². The van der Waals surface area contributed by atoms with Crippen molar-refractivity contribution in [2.24, 2.45) is 0 Å². The van der Waals surface area contributed by atoms with Crippen LogP contribution in [0.5, 0.6) is 0 Å². The Balaban J connectivity index is 1.51. The third-order valence-electron chi connectivity index (χ3n) is 4.60. The molecule has 3 rings (SSSR count). The van der Waals surface area contributed by atoms with Crippen molar-refractivity contribution in [1.29, 1.82) is 0 Å². The number of nitrogens with zero attached hydrogens (tertiary/aromatic N) is 1. The quantitative estimate of drug-likeness (QED) is 0.718. The van der Waals surface area contributed by atoms with Gasteiger partial charge in [-0.25, -0.2) is 0 Å². The van der Waals surface area contributed by atoms with Crippen LogP contribution in [0.4, 0.5) is 0 Å². The van der Waals surface area contributed by atoms with Crippen LogP contribution in [0, 0.1) is 0 Å². The molecule has 134 valence electrons. The average molecular weight is 344 g/mol. The van der Waals surface area contributed by atoms with E-state index in [2.05, 4.69) is 16.0 Å². The molecule has 7 heteroatoms. The highest BCUT2D eigenvalue weighted by molar-refractivity contribution is 5.94. The van der Waals surface area contributed by atoms with Gasteiger partial charge in [-0.2, -0.15) is 0 Å². The van der Waals surface area contributed by atoms with E-state index in [-0.39, 0.29) is 24.3 Å². The number of likely N-dealkylation sites (tertiary alicyclic amines) is 1. The van der Waals surface area contributed by atoms with Crippen LogP contribution < -0.4 is 16.0 Å². The summed E-state index contributed by atoms with van der Waals surface area (Å²) in [6.45, 7) is 2.70. The van der Waals surface area contributed by atoms with E-state index in [4.69, 9.17) is 0 Å². The molecule has 0 unspecified atom stereocenters. The second kappa shape index (κ2) is 8.11. The number of amides is 3. The topological polar surface area (TPSA) is 90.5 Å².